The highest BCUT2D eigenvalue weighted by Gasteiger charge is 2.16. The summed E-state index contributed by atoms with van der Waals surface area (Å²) in [4.78, 5) is 34.5. The van der Waals surface area contributed by atoms with Crippen molar-refractivity contribution < 1.29 is 9.63 Å². The number of hydrogen-bond acceptors (Lipinski definition) is 4. The molecule has 1 aliphatic rings. The number of fused-ring (bicyclic) bond motifs is 2. The molecule has 2 aromatic rings. The maximum absolute atomic E-state index is 12.7. The van der Waals surface area contributed by atoms with Crippen LogP contribution in [0.2, 0.25) is 0 Å². The van der Waals surface area contributed by atoms with Crippen LogP contribution in [0, 0.1) is 0 Å². The van der Waals surface area contributed by atoms with Gasteiger partial charge in [-0.3, -0.25) is 19.0 Å². The van der Waals surface area contributed by atoms with Crippen LogP contribution in [0.15, 0.2) is 23.0 Å². The van der Waals surface area contributed by atoms with Gasteiger partial charge in [-0.05, 0) is 31.0 Å². The zero-order chi connectivity index (χ0) is 16.4. The SMILES string of the molecule is CON(C)C(=O)c1ccc2c(=O)n3c(nc2c1)CCCCCC3. The van der Waals surface area contributed by atoms with Crippen molar-refractivity contribution in [3.05, 3.63) is 39.9 Å². The van der Waals surface area contributed by atoms with E-state index in [0.29, 0.717) is 16.5 Å². The lowest BCUT2D eigenvalue weighted by molar-refractivity contribution is -0.0756. The van der Waals surface area contributed by atoms with Crippen molar-refractivity contribution in [2.45, 2.75) is 38.6 Å². The molecule has 6 nitrogen and oxygen atoms in total. The molecule has 1 aromatic heterocycles. The summed E-state index contributed by atoms with van der Waals surface area (Å²) in [6.45, 7) is 0.726. The Labute approximate surface area is 134 Å². The summed E-state index contributed by atoms with van der Waals surface area (Å²) >= 11 is 0. The Kier molecular flexibility index (Phi) is 4.43. The largest absolute Gasteiger partial charge is 0.296 e. The van der Waals surface area contributed by atoms with Gasteiger partial charge in [0, 0.05) is 25.6 Å². The van der Waals surface area contributed by atoms with Crippen LogP contribution in [0.1, 0.15) is 41.9 Å². The van der Waals surface area contributed by atoms with E-state index in [4.69, 9.17) is 4.84 Å². The van der Waals surface area contributed by atoms with Crippen molar-refractivity contribution in [3.8, 4) is 0 Å². The minimum Gasteiger partial charge on any atom is -0.296 e. The third-order valence-corrected chi connectivity index (χ3v) is 4.37. The van der Waals surface area contributed by atoms with E-state index in [0.717, 1.165) is 43.1 Å². The van der Waals surface area contributed by atoms with E-state index in [9.17, 15) is 9.59 Å². The van der Waals surface area contributed by atoms with Gasteiger partial charge in [0.2, 0.25) is 0 Å². The molecule has 2 heterocycles. The van der Waals surface area contributed by atoms with Crippen LogP contribution in [-0.2, 0) is 17.8 Å². The zero-order valence-corrected chi connectivity index (χ0v) is 13.5. The highest BCUT2D eigenvalue weighted by Crippen LogP contribution is 2.17. The van der Waals surface area contributed by atoms with E-state index < -0.39 is 0 Å². The van der Waals surface area contributed by atoms with Crippen LogP contribution in [0.4, 0.5) is 0 Å². The minimum absolute atomic E-state index is 0.00834. The van der Waals surface area contributed by atoms with Gasteiger partial charge in [-0.1, -0.05) is 12.8 Å². The zero-order valence-electron chi connectivity index (χ0n) is 13.5. The van der Waals surface area contributed by atoms with Crippen molar-refractivity contribution in [1.29, 1.82) is 0 Å². The number of hydroxylamine groups is 2. The summed E-state index contributed by atoms with van der Waals surface area (Å²) in [7, 11) is 2.99. The van der Waals surface area contributed by atoms with Crippen molar-refractivity contribution in [2.75, 3.05) is 14.2 Å². The van der Waals surface area contributed by atoms with Crippen LogP contribution in [0.3, 0.4) is 0 Å². The van der Waals surface area contributed by atoms with Crippen LogP contribution in [0.5, 0.6) is 0 Å². The first-order valence-corrected chi connectivity index (χ1v) is 7.97. The molecule has 0 spiro atoms. The molecule has 3 rings (SSSR count). The first-order chi connectivity index (χ1) is 11.1. The van der Waals surface area contributed by atoms with Crippen molar-refractivity contribution in [3.63, 3.8) is 0 Å². The van der Waals surface area contributed by atoms with Crippen molar-refractivity contribution in [2.24, 2.45) is 0 Å². The Balaban J connectivity index is 2.11. The van der Waals surface area contributed by atoms with Crippen LogP contribution < -0.4 is 5.56 Å². The van der Waals surface area contributed by atoms with Gasteiger partial charge in [-0.15, -0.1) is 0 Å². The molecule has 0 atom stereocenters. The van der Waals surface area contributed by atoms with E-state index in [1.807, 2.05) is 0 Å². The van der Waals surface area contributed by atoms with E-state index in [1.54, 1.807) is 29.8 Å². The average molecular weight is 315 g/mol. The first kappa shape index (κ1) is 15.7. The summed E-state index contributed by atoms with van der Waals surface area (Å²) < 4.78 is 1.80. The standard InChI is InChI=1S/C17H21N3O3/c1-19(23-2)16(21)12-8-9-13-14(11-12)18-15-7-5-3-4-6-10-20(15)17(13)22/h8-9,11H,3-7,10H2,1-2H3. The number of hydrogen-bond donors (Lipinski definition) is 0. The molecule has 1 aromatic carbocycles. The fourth-order valence-corrected chi connectivity index (χ4v) is 2.99. The van der Waals surface area contributed by atoms with Gasteiger partial charge >= 0.3 is 0 Å². The molecule has 1 aliphatic heterocycles. The summed E-state index contributed by atoms with van der Waals surface area (Å²) in [5.74, 6) is 0.565. The normalized spacial score (nSPS) is 14.9. The Morgan fingerprint density at radius 2 is 2.04 bits per heavy atom. The van der Waals surface area contributed by atoms with Crippen LogP contribution in [0.25, 0.3) is 10.9 Å². The van der Waals surface area contributed by atoms with E-state index in [1.165, 1.54) is 13.5 Å². The number of rotatable bonds is 2. The molecule has 0 saturated carbocycles. The highest BCUT2D eigenvalue weighted by atomic mass is 16.7. The lowest BCUT2D eigenvalue weighted by atomic mass is 10.1. The van der Waals surface area contributed by atoms with Gasteiger partial charge in [-0.25, -0.2) is 10.0 Å². The maximum Gasteiger partial charge on any atom is 0.277 e. The lowest BCUT2D eigenvalue weighted by Crippen LogP contribution is -2.27. The van der Waals surface area contributed by atoms with Crippen molar-refractivity contribution >= 4 is 16.8 Å². The van der Waals surface area contributed by atoms with Gasteiger partial charge in [-0.2, -0.15) is 0 Å². The highest BCUT2D eigenvalue weighted by molar-refractivity contribution is 5.97. The second-order valence-corrected chi connectivity index (χ2v) is 5.87. The van der Waals surface area contributed by atoms with Crippen LogP contribution >= 0.6 is 0 Å². The third kappa shape index (κ3) is 2.99. The molecular weight excluding hydrogens is 294 g/mol. The summed E-state index contributed by atoms with van der Waals surface area (Å²) in [6.07, 6.45) is 5.19. The Morgan fingerprint density at radius 1 is 1.26 bits per heavy atom. The molecular formula is C17H21N3O3. The topological polar surface area (TPSA) is 64.4 Å². The summed E-state index contributed by atoms with van der Waals surface area (Å²) in [6, 6.07) is 5.01. The van der Waals surface area contributed by atoms with Gasteiger partial charge in [0.25, 0.3) is 11.5 Å². The molecule has 0 fully saturated rings. The predicted octanol–water partition coefficient (Wildman–Crippen LogP) is 2.15. The number of aromatic nitrogens is 2. The first-order valence-electron chi connectivity index (χ1n) is 7.97. The van der Waals surface area contributed by atoms with Gasteiger partial charge in [0.15, 0.2) is 0 Å². The minimum atomic E-state index is -0.261. The van der Waals surface area contributed by atoms with Crippen molar-refractivity contribution in [1.82, 2.24) is 14.6 Å². The number of amides is 1. The number of benzene rings is 1. The number of nitrogens with zero attached hydrogens (tertiary/aromatic N) is 3. The molecule has 1 amide bonds. The van der Waals surface area contributed by atoms with Gasteiger partial charge in [0.1, 0.15) is 5.82 Å². The molecule has 122 valence electrons. The fourth-order valence-electron chi connectivity index (χ4n) is 2.99. The summed E-state index contributed by atoms with van der Waals surface area (Å²) in [5, 5.41) is 1.72. The van der Waals surface area contributed by atoms with E-state index >= 15 is 0 Å². The maximum atomic E-state index is 12.7. The quantitative estimate of drug-likeness (QED) is 0.797. The second-order valence-electron chi connectivity index (χ2n) is 5.87. The molecule has 0 bridgehead atoms. The summed E-state index contributed by atoms with van der Waals surface area (Å²) in [5.41, 5.74) is 1.03. The molecule has 23 heavy (non-hydrogen) atoms. The Hall–Kier alpha value is -2.21. The number of carbonyl (C=O) groups excluding carboxylic acids is 1. The average Bonchev–Trinajstić information content (AvgIpc) is 2.54. The smallest absolute Gasteiger partial charge is 0.277 e. The van der Waals surface area contributed by atoms with Gasteiger partial charge in [0.05, 0.1) is 18.0 Å². The third-order valence-electron chi connectivity index (χ3n) is 4.37. The molecule has 0 aliphatic carbocycles. The molecule has 0 saturated heterocycles. The van der Waals surface area contributed by atoms with Gasteiger partial charge < -0.3 is 0 Å². The molecule has 0 unspecified atom stereocenters. The number of aryl methyl sites for hydroxylation is 1. The molecule has 0 N–H and O–H groups in total. The monoisotopic (exact) mass is 315 g/mol. The Morgan fingerprint density at radius 3 is 2.83 bits per heavy atom. The lowest BCUT2D eigenvalue weighted by Gasteiger charge is -2.17. The van der Waals surface area contributed by atoms with Crippen LogP contribution in [-0.4, -0.2) is 34.7 Å². The molecule has 0 radical (unpaired) electrons. The Bertz CT molecular complexity index is 798. The predicted molar refractivity (Wildman–Crippen MR) is 87.3 cm³/mol. The van der Waals surface area contributed by atoms with E-state index in [2.05, 4.69) is 4.98 Å². The fraction of sp³-hybridized carbons (Fsp3) is 0.471. The second kappa shape index (κ2) is 6.50. The van der Waals surface area contributed by atoms with E-state index in [-0.39, 0.29) is 11.5 Å². The molecule has 6 heteroatoms. The number of carbonyl (C=O) groups is 1.